The third kappa shape index (κ3) is 3.14. The van der Waals surface area contributed by atoms with Crippen LogP contribution in [-0.2, 0) is 5.75 Å². The highest BCUT2D eigenvalue weighted by Crippen LogP contribution is 2.30. The zero-order chi connectivity index (χ0) is 12.1. The Morgan fingerprint density at radius 3 is 2.88 bits per heavy atom. The second kappa shape index (κ2) is 5.59. The Labute approximate surface area is 105 Å². The highest BCUT2D eigenvalue weighted by molar-refractivity contribution is 7.98. The molecule has 0 saturated carbocycles. The van der Waals surface area contributed by atoms with Gasteiger partial charge in [0.05, 0.1) is 12.8 Å². The van der Waals surface area contributed by atoms with Gasteiger partial charge in [0.1, 0.15) is 5.75 Å². The first-order valence-electron chi connectivity index (χ1n) is 5.26. The predicted molar refractivity (Wildman–Crippen MR) is 71.2 cm³/mol. The summed E-state index contributed by atoms with van der Waals surface area (Å²) in [7, 11) is 1.68. The molecule has 0 atom stereocenters. The number of para-hydroxylation sites is 1. The van der Waals surface area contributed by atoms with Crippen molar-refractivity contribution < 1.29 is 4.74 Å². The molecule has 0 aliphatic heterocycles. The molecule has 0 bridgehead atoms. The van der Waals surface area contributed by atoms with Crippen molar-refractivity contribution >= 4 is 17.4 Å². The lowest BCUT2D eigenvalue weighted by atomic mass is 10.3. The van der Waals surface area contributed by atoms with E-state index in [9.17, 15) is 0 Å². The second-order valence-electron chi connectivity index (χ2n) is 3.52. The van der Waals surface area contributed by atoms with Crippen LogP contribution in [-0.4, -0.2) is 12.1 Å². The lowest BCUT2D eigenvalue weighted by Gasteiger charge is -2.07. The van der Waals surface area contributed by atoms with E-state index >= 15 is 0 Å². The number of nitrogens with zero attached hydrogens (tertiary/aromatic N) is 1. The van der Waals surface area contributed by atoms with Crippen molar-refractivity contribution in [3.8, 4) is 5.75 Å². The van der Waals surface area contributed by atoms with Gasteiger partial charge >= 0.3 is 0 Å². The van der Waals surface area contributed by atoms with Crippen LogP contribution in [0.2, 0.25) is 0 Å². The summed E-state index contributed by atoms with van der Waals surface area (Å²) in [6, 6.07) is 11.6. The van der Waals surface area contributed by atoms with Gasteiger partial charge < -0.3 is 10.5 Å². The van der Waals surface area contributed by atoms with Gasteiger partial charge in [-0.05, 0) is 24.3 Å². The van der Waals surface area contributed by atoms with E-state index < -0.39 is 0 Å². The summed E-state index contributed by atoms with van der Waals surface area (Å²) < 4.78 is 5.29. The molecule has 17 heavy (non-hydrogen) atoms. The molecule has 88 valence electrons. The van der Waals surface area contributed by atoms with E-state index in [1.165, 1.54) is 0 Å². The molecule has 2 rings (SSSR count). The molecule has 1 aromatic carbocycles. The van der Waals surface area contributed by atoms with Crippen molar-refractivity contribution in [2.75, 3.05) is 12.8 Å². The van der Waals surface area contributed by atoms with Crippen LogP contribution < -0.4 is 10.5 Å². The molecule has 0 amide bonds. The third-order valence-corrected chi connectivity index (χ3v) is 3.37. The normalized spacial score (nSPS) is 10.2. The van der Waals surface area contributed by atoms with Crippen LogP contribution in [0.1, 0.15) is 5.69 Å². The van der Waals surface area contributed by atoms with E-state index in [-0.39, 0.29) is 0 Å². The molecule has 2 N–H and O–H groups in total. The van der Waals surface area contributed by atoms with E-state index in [1.54, 1.807) is 31.1 Å². The summed E-state index contributed by atoms with van der Waals surface area (Å²) in [5.41, 5.74) is 7.43. The maximum atomic E-state index is 5.71. The van der Waals surface area contributed by atoms with Crippen LogP contribution in [0.25, 0.3) is 0 Å². The van der Waals surface area contributed by atoms with E-state index in [4.69, 9.17) is 10.5 Å². The summed E-state index contributed by atoms with van der Waals surface area (Å²) >= 11 is 1.69. The monoisotopic (exact) mass is 246 g/mol. The first kappa shape index (κ1) is 11.8. The number of hydrogen-bond donors (Lipinski definition) is 1. The third-order valence-electron chi connectivity index (χ3n) is 2.29. The Morgan fingerprint density at radius 2 is 2.12 bits per heavy atom. The van der Waals surface area contributed by atoms with Crippen molar-refractivity contribution in [3.05, 3.63) is 48.3 Å². The summed E-state index contributed by atoms with van der Waals surface area (Å²) in [4.78, 5) is 5.38. The van der Waals surface area contributed by atoms with Crippen LogP contribution in [0, 0.1) is 0 Å². The highest BCUT2D eigenvalue weighted by atomic mass is 32.2. The molecule has 0 saturated heterocycles. The average molecular weight is 246 g/mol. The molecular weight excluding hydrogens is 232 g/mol. The zero-order valence-corrected chi connectivity index (χ0v) is 10.4. The molecule has 0 radical (unpaired) electrons. The van der Waals surface area contributed by atoms with Crippen molar-refractivity contribution in [2.45, 2.75) is 10.6 Å². The molecule has 0 aliphatic carbocycles. The smallest absolute Gasteiger partial charge is 0.132 e. The largest absolute Gasteiger partial charge is 0.496 e. The fourth-order valence-corrected chi connectivity index (χ4v) is 2.40. The van der Waals surface area contributed by atoms with Gasteiger partial charge in [0.2, 0.25) is 0 Å². The van der Waals surface area contributed by atoms with E-state index in [0.717, 1.165) is 27.8 Å². The molecule has 0 fully saturated rings. The van der Waals surface area contributed by atoms with Gasteiger partial charge in [-0.15, -0.1) is 11.8 Å². The predicted octanol–water partition coefficient (Wildman–Crippen LogP) is 2.96. The number of benzene rings is 1. The Balaban J connectivity index is 2.07. The molecule has 3 nitrogen and oxygen atoms in total. The lowest BCUT2D eigenvalue weighted by molar-refractivity contribution is 0.405. The first-order chi connectivity index (χ1) is 8.29. The number of anilines is 1. The number of pyridine rings is 1. The van der Waals surface area contributed by atoms with Gasteiger partial charge in [-0.2, -0.15) is 0 Å². The van der Waals surface area contributed by atoms with E-state index in [0.29, 0.717) is 0 Å². The summed E-state index contributed by atoms with van der Waals surface area (Å²) in [6.07, 6.45) is 1.73. The van der Waals surface area contributed by atoms with Gasteiger partial charge in [0, 0.05) is 22.5 Å². The van der Waals surface area contributed by atoms with Crippen LogP contribution in [0.4, 0.5) is 5.69 Å². The maximum absolute atomic E-state index is 5.71. The van der Waals surface area contributed by atoms with Crippen molar-refractivity contribution in [1.82, 2.24) is 4.98 Å². The van der Waals surface area contributed by atoms with Crippen molar-refractivity contribution in [1.29, 1.82) is 0 Å². The van der Waals surface area contributed by atoms with Gasteiger partial charge in [0.15, 0.2) is 0 Å². The number of aromatic nitrogens is 1. The molecule has 0 aliphatic rings. The quantitative estimate of drug-likeness (QED) is 0.843. The molecule has 1 heterocycles. The Hall–Kier alpha value is -1.68. The van der Waals surface area contributed by atoms with Crippen LogP contribution in [0.5, 0.6) is 5.75 Å². The minimum absolute atomic E-state index is 0.746. The average Bonchev–Trinajstić information content (AvgIpc) is 2.37. The zero-order valence-electron chi connectivity index (χ0n) is 9.59. The van der Waals surface area contributed by atoms with E-state index in [2.05, 4.69) is 4.98 Å². The number of ether oxygens (including phenoxy) is 1. The number of methoxy groups -OCH3 is 1. The summed E-state index contributed by atoms with van der Waals surface area (Å²) in [6.45, 7) is 0. The first-order valence-corrected chi connectivity index (χ1v) is 6.24. The summed E-state index contributed by atoms with van der Waals surface area (Å²) in [5.74, 6) is 1.67. The molecular formula is C13H14N2OS. The SMILES string of the molecule is COc1ccccc1SCc1cc(N)ccn1. The lowest BCUT2D eigenvalue weighted by Crippen LogP contribution is -1.91. The molecule has 0 unspecified atom stereocenters. The second-order valence-corrected chi connectivity index (χ2v) is 4.54. The molecule has 4 heteroatoms. The highest BCUT2D eigenvalue weighted by Gasteiger charge is 2.03. The molecule has 0 spiro atoms. The maximum Gasteiger partial charge on any atom is 0.132 e. The number of nitrogens with two attached hydrogens (primary N) is 1. The van der Waals surface area contributed by atoms with Gasteiger partial charge in [-0.1, -0.05) is 12.1 Å². The summed E-state index contributed by atoms with van der Waals surface area (Å²) in [5, 5.41) is 0. The fourth-order valence-electron chi connectivity index (χ4n) is 1.47. The number of rotatable bonds is 4. The Kier molecular flexibility index (Phi) is 3.88. The van der Waals surface area contributed by atoms with Crippen LogP contribution in [0.15, 0.2) is 47.5 Å². The minimum atomic E-state index is 0.746. The van der Waals surface area contributed by atoms with Gasteiger partial charge in [-0.25, -0.2) is 0 Å². The minimum Gasteiger partial charge on any atom is -0.496 e. The fraction of sp³-hybridized carbons (Fsp3) is 0.154. The van der Waals surface area contributed by atoms with Crippen LogP contribution in [0.3, 0.4) is 0 Å². The molecule has 1 aromatic heterocycles. The number of thioether (sulfide) groups is 1. The number of hydrogen-bond acceptors (Lipinski definition) is 4. The van der Waals surface area contributed by atoms with Gasteiger partial charge in [0.25, 0.3) is 0 Å². The van der Waals surface area contributed by atoms with Gasteiger partial charge in [-0.3, -0.25) is 4.98 Å². The van der Waals surface area contributed by atoms with E-state index in [1.807, 2.05) is 30.3 Å². The molecule has 2 aromatic rings. The van der Waals surface area contributed by atoms with Crippen molar-refractivity contribution in [3.63, 3.8) is 0 Å². The number of nitrogen functional groups attached to an aromatic ring is 1. The Morgan fingerprint density at radius 1 is 1.29 bits per heavy atom. The standard InChI is InChI=1S/C13H14N2OS/c1-16-12-4-2-3-5-13(12)17-9-11-8-10(14)6-7-15-11/h2-8H,9H2,1H3,(H2,14,15). The topological polar surface area (TPSA) is 48.1 Å². The van der Waals surface area contributed by atoms with Crippen LogP contribution >= 0.6 is 11.8 Å². The Bertz CT molecular complexity index is 502. The van der Waals surface area contributed by atoms with Crippen molar-refractivity contribution in [2.24, 2.45) is 0 Å².